The Balaban J connectivity index is 1.72. The van der Waals surface area contributed by atoms with E-state index < -0.39 is 0 Å². The van der Waals surface area contributed by atoms with Crippen molar-refractivity contribution in [3.8, 4) is 0 Å². The average molecular weight is 384 g/mol. The molecule has 1 aliphatic carbocycles. The first kappa shape index (κ1) is 17.3. The summed E-state index contributed by atoms with van der Waals surface area (Å²) in [5.41, 5.74) is 0.389. The van der Waals surface area contributed by atoms with Gasteiger partial charge in [0.15, 0.2) is 5.17 Å². The van der Waals surface area contributed by atoms with Crippen molar-refractivity contribution < 1.29 is 9.59 Å². The number of aliphatic imine (C=N–C) groups is 1. The molecule has 24 heavy (non-hydrogen) atoms. The number of nitrogens with one attached hydrogen (secondary N) is 2. The van der Waals surface area contributed by atoms with E-state index in [2.05, 4.69) is 15.6 Å². The number of carbonyl (C=O) groups is 2. The highest BCUT2D eigenvalue weighted by Crippen LogP contribution is 2.35. The first-order valence-electron chi connectivity index (χ1n) is 7.57. The van der Waals surface area contributed by atoms with Crippen LogP contribution in [0.1, 0.15) is 25.7 Å². The molecule has 1 heterocycles. The van der Waals surface area contributed by atoms with Crippen molar-refractivity contribution >= 4 is 57.6 Å². The van der Waals surface area contributed by atoms with E-state index in [-0.39, 0.29) is 17.9 Å². The SMILES string of the molecule is O=C(/C=C1/SC(=Nc2c(Cl)cccc2Cl)NC1=O)NC1CCCC1. The fourth-order valence-electron chi connectivity index (χ4n) is 2.61. The average Bonchev–Trinajstić information content (AvgIpc) is 3.14. The lowest BCUT2D eigenvalue weighted by Gasteiger charge is -2.09. The number of hydrogen-bond donors (Lipinski definition) is 2. The summed E-state index contributed by atoms with van der Waals surface area (Å²) in [4.78, 5) is 28.6. The van der Waals surface area contributed by atoms with Gasteiger partial charge in [0.1, 0.15) is 5.69 Å². The Morgan fingerprint density at radius 1 is 1.29 bits per heavy atom. The number of hydrogen-bond acceptors (Lipinski definition) is 4. The lowest BCUT2D eigenvalue weighted by atomic mass is 10.2. The Hall–Kier alpha value is -1.50. The Bertz CT molecular complexity index is 723. The minimum Gasteiger partial charge on any atom is -0.350 e. The third kappa shape index (κ3) is 4.12. The normalized spacial score (nSPS) is 21.5. The molecule has 0 spiro atoms. The topological polar surface area (TPSA) is 70.6 Å². The van der Waals surface area contributed by atoms with Gasteiger partial charge in [-0.25, -0.2) is 4.99 Å². The van der Waals surface area contributed by atoms with Crippen LogP contribution in [0.3, 0.4) is 0 Å². The largest absolute Gasteiger partial charge is 0.350 e. The Morgan fingerprint density at radius 2 is 1.96 bits per heavy atom. The van der Waals surface area contributed by atoms with Crippen LogP contribution in [0.25, 0.3) is 0 Å². The lowest BCUT2D eigenvalue weighted by Crippen LogP contribution is -2.31. The van der Waals surface area contributed by atoms with Crippen LogP contribution in [0.15, 0.2) is 34.2 Å². The number of amidine groups is 1. The summed E-state index contributed by atoms with van der Waals surface area (Å²) < 4.78 is 0. The fourth-order valence-corrected chi connectivity index (χ4v) is 3.89. The van der Waals surface area contributed by atoms with Gasteiger partial charge in [0, 0.05) is 12.1 Å². The molecule has 8 heteroatoms. The van der Waals surface area contributed by atoms with Crippen LogP contribution < -0.4 is 10.6 Å². The maximum atomic E-state index is 12.0. The third-order valence-corrected chi connectivity index (χ3v) is 5.29. The number of para-hydroxylation sites is 1. The molecule has 0 unspecified atom stereocenters. The number of rotatable bonds is 3. The molecule has 0 radical (unpaired) electrons. The van der Waals surface area contributed by atoms with Gasteiger partial charge in [-0.2, -0.15) is 0 Å². The van der Waals surface area contributed by atoms with Crippen LogP contribution in [-0.4, -0.2) is 23.0 Å². The summed E-state index contributed by atoms with van der Waals surface area (Å²) >= 11 is 13.2. The van der Waals surface area contributed by atoms with Crippen LogP contribution in [0.5, 0.6) is 0 Å². The number of carbonyl (C=O) groups excluding carboxylic acids is 2. The van der Waals surface area contributed by atoms with Gasteiger partial charge in [0.2, 0.25) is 5.91 Å². The Kier molecular flexibility index (Phi) is 5.48. The van der Waals surface area contributed by atoms with Gasteiger partial charge in [0.25, 0.3) is 5.91 Å². The summed E-state index contributed by atoms with van der Waals surface area (Å²) in [6.07, 6.45) is 5.56. The minimum atomic E-state index is -0.358. The molecule has 0 aromatic heterocycles. The summed E-state index contributed by atoms with van der Waals surface area (Å²) in [7, 11) is 0. The van der Waals surface area contributed by atoms with Crippen LogP contribution in [0, 0.1) is 0 Å². The zero-order chi connectivity index (χ0) is 17.1. The first-order chi connectivity index (χ1) is 11.5. The highest BCUT2D eigenvalue weighted by atomic mass is 35.5. The molecule has 2 fully saturated rings. The fraction of sp³-hybridized carbons (Fsp3) is 0.312. The van der Waals surface area contributed by atoms with Crippen molar-refractivity contribution in [2.24, 2.45) is 4.99 Å². The molecule has 1 aromatic rings. The van der Waals surface area contributed by atoms with Crippen LogP contribution in [0.2, 0.25) is 10.0 Å². The van der Waals surface area contributed by atoms with Gasteiger partial charge in [0.05, 0.1) is 15.0 Å². The van der Waals surface area contributed by atoms with Crippen molar-refractivity contribution in [1.29, 1.82) is 0 Å². The molecule has 1 aliphatic heterocycles. The number of halogens is 2. The molecule has 5 nitrogen and oxygen atoms in total. The monoisotopic (exact) mass is 383 g/mol. The Morgan fingerprint density at radius 3 is 2.62 bits per heavy atom. The molecule has 1 saturated heterocycles. The highest BCUT2D eigenvalue weighted by molar-refractivity contribution is 8.18. The third-order valence-electron chi connectivity index (χ3n) is 3.77. The van der Waals surface area contributed by atoms with Gasteiger partial charge in [-0.3, -0.25) is 9.59 Å². The second-order valence-electron chi connectivity index (χ2n) is 5.54. The summed E-state index contributed by atoms with van der Waals surface area (Å²) in [5, 5.41) is 6.66. The van der Waals surface area contributed by atoms with Crippen molar-refractivity contribution in [2.75, 3.05) is 0 Å². The van der Waals surface area contributed by atoms with Crippen molar-refractivity contribution in [3.05, 3.63) is 39.2 Å². The van der Waals surface area contributed by atoms with E-state index in [9.17, 15) is 9.59 Å². The number of benzene rings is 1. The predicted octanol–water partition coefficient (Wildman–Crippen LogP) is 3.79. The lowest BCUT2D eigenvalue weighted by molar-refractivity contribution is -0.118. The number of thioether (sulfide) groups is 1. The molecule has 0 bridgehead atoms. The van der Waals surface area contributed by atoms with Gasteiger partial charge < -0.3 is 10.6 Å². The van der Waals surface area contributed by atoms with Gasteiger partial charge in [-0.15, -0.1) is 0 Å². The van der Waals surface area contributed by atoms with E-state index in [4.69, 9.17) is 23.2 Å². The molecule has 2 amide bonds. The van der Waals surface area contributed by atoms with E-state index in [0.717, 1.165) is 37.4 Å². The van der Waals surface area contributed by atoms with Crippen molar-refractivity contribution in [2.45, 2.75) is 31.7 Å². The molecular weight excluding hydrogens is 369 g/mol. The smallest absolute Gasteiger partial charge is 0.264 e. The maximum absolute atomic E-state index is 12.0. The first-order valence-corrected chi connectivity index (χ1v) is 9.14. The van der Waals surface area contributed by atoms with Crippen LogP contribution >= 0.6 is 35.0 Å². The molecule has 126 valence electrons. The Labute approximate surface area is 153 Å². The molecular formula is C16H15Cl2N3O2S. The molecule has 1 aromatic carbocycles. The van der Waals surface area contributed by atoms with Gasteiger partial charge in [-0.05, 0) is 36.7 Å². The summed E-state index contributed by atoms with van der Waals surface area (Å²) in [5.74, 6) is -0.611. The summed E-state index contributed by atoms with van der Waals surface area (Å²) in [6.45, 7) is 0. The molecule has 2 aliphatic rings. The molecule has 0 atom stereocenters. The van der Waals surface area contributed by atoms with Crippen molar-refractivity contribution in [3.63, 3.8) is 0 Å². The molecule has 1 saturated carbocycles. The van der Waals surface area contributed by atoms with E-state index in [1.165, 1.54) is 6.08 Å². The van der Waals surface area contributed by atoms with E-state index in [1.807, 2.05) is 0 Å². The zero-order valence-corrected chi connectivity index (χ0v) is 15.0. The predicted molar refractivity (Wildman–Crippen MR) is 97.8 cm³/mol. The van der Waals surface area contributed by atoms with E-state index in [0.29, 0.717) is 25.8 Å². The maximum Gasteiger partial charge on any atom is 0.264 e. The van der Waals surface area contributed by atoms with Crippen LogP contribution in [-0.2, 0) is 9.59 Å². The minimum absolute atomic E-state index is 0.207. The van der Waals surface area contributed by atoms with Gasteiger partial charge >= 0.3 is 0 Å². The standard InChI is InChI=1S/C16H15Cl2N3O2S/c17-10-6-3-7-11(18)14(10)20-16-21-15(23)12(24-16)8-13(22)19-9-4-1-2-5-9/h3,6-9H,1-2,4-5H2,(H,19,22)(H,20,21,23)/b12-8+. The highest BCUT2D eigenvalue weighted by Gasteiger charge is 2.26. The number of amides is 2. The van der Waals surface area contributed by atoms with Crippen LogP contribution in [0.4, 0.5) is 5.69 Å². The second kappa shape index (κ2) is 7.59. The van der Waals surface area contributed by atoms with Crippen molar-refractivity contribution in [1.82, 2.24) is 10.6 Å². The zero-order valence-electron chi connectivity index (χ0n) is 12.6. The molecule has 2 N–H and O–H groups in total. The van der Waals surface area contributed by atoms with E-state index >= 15 is 0 Å². The second-order valence-corrected chi connectivity index (χ2v) is 7.39. The molecule has 3 rings (SSSR count). The van der Waals surface area contributed by atoms with Gasteiger partial charge in [-0.1, -0.05) is 42.1 Å². The van der Waals surface area contributed by atoms with E-state index in [1.54, 1.807) is 18.2 Å². The summed E-state index contributed by atoms with van der Waals surface area (Å²) in [6, 6.07) is 5.26. The quantitative estimate of drug-likeness (QED) is 0.779. The number of nitrogens with zero attached hydrogens (tertiary/aromatic N) is 1.